The Bertz CT molecular complexity index is 2230. The van der Waals surface area contributed by atoms with Crippen molar-refractivity contribution in [3.63, 3.8) is 0 Å². The van der Waals surface area contributed by atoms with Gasteiger partial charge in [0.05, 0.1) is 0 Å². The van der Waals surface area contributed by atoms with Gasteiger partial charge in [0.15, 0.2) is 0 Å². The van der Waals surface area contributed by atoms with Crippen molar-refractivity contribution in [2.45, 2.75) is 25.7 Å². The molecule has 0 amide bonds. The van der Waals surface area contributed by atoms with Gasteiger partial charge in [-0.15, -0.1) is 0 Å². The van der Waals surface area contributed by atoms with Crippen LogP contribution in [0.2, 0.25) is 0 Å². The molecule has 0 spiro atoms. The number of hydrogen-bond acceptors (Lipinski definition) is 2. The second-order valence-corrected chi connectivity index (χ2v) is 17.3. The van der Waals surface area contributed by atoms with E-state index in [1.165, 1.54) is 78.0 Å². The number of rotatable bonds is 3. The third-order valence-corrected chi connectivity index (χ3v) is 14.9. The Kier molecular flexibility index (Phi) is 6.63. The molecular weight excluding hydrogens is 701 g/mol. The van der Waals surface area contributed by atoms with Crippen LogP contribution in [0.25, 0.3) is 11.1 Å². The summed E-state index contributed by atoms with van der Waals surface area (Å²) in [5.74, 6) is 0. The Balaban J connectivity index is 1.13. The van der Waals surface area contributed by atoms with Gasteiger partial charge in [-0.05, 0) is 0 Å². The average Bonchev–Trinajstić information content (AvgIpc) is 3.14. The molecule has 0 saturated carbocycles. The van der Waals surface area contributed by atoms with Crippen molar-refractivity contribution in [3.8, 4) is 11.1 Å². The van der Waals surface area contributed by atoms with E-state index in [9.17, 15) is 0 Å². The second-order valence-electron chi connectivity index (χ2n) is 12.7. The van der Waals surface area contributed by atoms with Gasteiger partial charge in [-0.25, -0.2) is 0 Å². The summed E-state index contributed by atoms with van der Waals surface area (Å²) in [6.07, 6.45) is 4.67. The first kappa shape index (κ1) is 27.8. The SMILES string of the molecule is c1ccc(-c2ccc3c(c2)B2c4ccc(N5C6=C(CCCC6)N(c6ccccc6)c6ccccc65)cc4[Se]c4cccc(c42)[Se]3)cc1. The average molecular weight is 732 g/mol. The molecule has 0 bridgehead atoms. The molecule has 3 heterocycles. The van der Waals surface area contributed by atoms with E-state index in [1.807, 2.05) is 0 Å². The van der Waals surface area contributed by atoms with Crippen molar-refractivity contribution < 1.29 is 0 Å². The number of benzene rings is 6. The number of anilines is 4. The van der Waals surface area contributed by atoms with Crippen LogP contribution in [0.15, 0.2) is 151 Å². The summed E-state index contributed by atoms with van der Waals surface area (Å²) in [6.45, 7) is 0.293. The molecule has 0 atom stereocenters. The Hall–Kier alpha value is -4.24. The van der Waals surface area contributed by atoms with Gasteiger partial charge in [0.25, 0.3) is 0 Å². The van der Waals surface area contributed by atoms with E-state index >= 15 is 0 Å². The molecule has 2 nitrogen and oxygen atoms in total. The van der Waals surface area contributed by atoms with Gasteiger partial charge in [0, 0.05) is 0 Å². The fourth-order valence-corrected chi connectivity index (χ4v) is 13.3. The summed E-state index contributed by atoms with van der Waals surface area (Å²) >= 11 is 0.582. The molecule has 10 rings (SSSR count). The van der Waals surface area contributed by atoms with Crippen molar-refractivity contribution in [2.75, 3.05) is 9.80 Å². The van der Waals surface area contributed by atoms with Crippen LogP contribution >= 0.6 is 0 Å². The van der Waals surface area contributed by atoms with Gasteiger partial charge in [0.1, 0.15) is 0 Å². The molecule has 0 aromatic heterocycles. The summed E-state index contributed by atoms with van der Waals surface area (Å²) in [7, 11) is 0. The summed E-state index contributed by atoms with van der Waals surface area (Å²) in [5, 5.41) is 0. The van der Waals surface area contributed by atoms with E-state index in [4.69, 9.17) is 0 Å². The first-order chi connectivity index (χ1) is 23.3. The first-order valence-corrected chi connectivity index (χ1v) is 20.0. The Morgan fingerprint density at radius 2 is 1.09 bits per heavy atom. The molecule has 3 aliphatic heterocycles. The third-order valence-electron chi connectivity index (χ3n) is 10.1. The molecule has 0 fully saturated rings. The van der Waals surface area contributed by atoms with Crippen molar-refractivity contribution in [2.24, 2.45) is 0 Å². The van der Waals surface area contributed by atoms with Gasteiger partial charge in [-0.2, -0.15) is 0 Å². The number of fused-ring (bicyclic) bond motifs is 5. The van der Waals surface area contributed by atoms with Crippen molar-refractivity contribution >= 4 is 93.6 Å². The second kappa shape index (κ2) is 11.2. The van der Waals surface area contributed by atoms with Crippen molar-refractivity contribution in [1.82, 2.24) is 0 Å². The first-order valence-electron chi connectivity index (χ1n) is 16.6. The van der Waals surface area contributed by atoms with Crippen LogP contribution in [-0.2, 0) is 0 Å². The predicted octanol–water partition coefficient (Wildman–Crippen LogP) is 4.88. The molecule has 0 N–H and O–H groups in total. The summed E-state index contributed by atoms with van der Waals surface area (Å²) in [4.78, 5) is 5.14. The molecule has 0 unspecified atom stereocenters. The van der Waals surface area contributed by atoms with Crippen LogP contribution in [0.4, 0.5) is 22.7 Å². The standard InChI is InChI=1S/C42H31BN2Se2/c1-3-12-28(13-4-1)29-22-25-38-33(26-29)43-32-24-23-31(27-41(32)47-40-21-11-20-39(46-38)42(40)43)45-36-18-9-7-16-34(36)44(30-14-5-2-6-15-30)35-17-8-10-19-37(35)45/h1-7,9,11-16,18,20-27H,8,10,17,19H2. The zero-order valence-corrected chi connectivity index (χ0v) is 29.3. The Labute approximate surface area is 289 Å². The van der Waals surface area contributed by atoms with E-state index in [2.05, 4.69) is 149 Å². The minimum atomic E-state index is 0.257. The van der Waals surface area contributed by atoms with Crippen LogP contribution < -0.4 is 44.0 Å². The molecule has 0 radical (unpaired) electrons. The zero-order valence-electron chi connectivity index (χ0n) is 25.9. The van der Waals surface area contributed by atoms with Crippen LogP contribution in [0, 0.1) is 0 Å². The van der Waals surface area contributed by atoms with Crippen LogP contribution in [0.5, 0.6) is 0 Å². The molecule has 224 valence electrons. The Morgan fingerprint density at radius 3 is 1.81 bits per heavy atom. The zero-order chi connectivity index (χ0) is 30.9. The molecule has 5 heteroatoms. The predicted molar refractivity (Wildman–Crippen MR) is 202 cm³/mol. The molecule has 0 saturated heterocycles. The third kappa shape index (κ3) is 4.45. The van der Waals surface area contributed by atoms with Crippen LogP contribution in [-0.4, -0.2) is 36.6 Å². The van der Waals surface area contributed by atoms with Gasteiger partial charge in [-0.3, -0.25) is 0 Å². The van der Waals surface area contributed by atoms with Gasteiger partial charge >= 0.3 is 291 Å². The van der Waals surface area contributed by atoms with E-state index in [0.717, 1.165) is 12.8 Å². The normalized spacial score (nSPS) is 15.8. The monoisotopic (exact) mass is 734 g/mol. The minimum absolute atomic E-state index is 0.257. The topological polar surface area (TPSA) is 6.48 Å². The van der Waals surface area contributed by atoms with Crippen LogP contribution in [0.1, 0.15) is 25.7 Å². The summed E-state index contributed by atoms with van der Waals surface area (Å²) in [5.41, 5.74) is 15.3. The summed E-state index contributed by atoms with van der Waals surface area (Å²) in [6, 6.07) is 52.7. The molecule has 6 aromatic carbocycles. The van der Waals surface area contributed by atoms with E-state index < -0.39 is 0 Å². The fraction of sp³-hybridized carbons (Fsp3) is 0.0952. The molecule has 6 aromatic rings. The van der Waals surface area contributed by atoms with Crippen molar-refractivity contribution in [1.29, 1.82) is 0 Å². The van der Waals surface area contributed by atoms with E-state index in [0.29, 0.717) is 21.7 Å². The number of hydrogen-bond donors (Lipinski definition) is 0. The summed E-state index contributed by atoms with van der Waals surface area (Å²) < 4.78 is 6.18. The number of allylic oxidation sites excluding steroid dienone is 2. The van der Waals surface area contributed by atoms with Gasteiger partial charge in [-0.1, -0.05) is 0 Å². The molecule has 4 aliphatic rings. The Morgan fingerprint density at radius 1 is 0.447 bits per heavy atom. The quantitative estimate of drug-likeness (QED) is 0.239. The van der Waals surface area contributed by atoms with E-state index in [1.54, 1.807) is 14.4 Å². The molecule has 47 heavy (non-hydrogen) atoms. The maximum absolute atomic E-state index is 2.61. The fourth-order valence-electron chi connectivity index (χ4n) is 8.02. The molecular formula is C42H31BN2Se2. The van der Waals surface area contributed by atoms with Gasteiger partial charge < -0.3 is 0 Å². The van der Waals surface area contributed by atoms with E-state index in [-0.39, 0.29) is 15.0 Å². The maximum atomic E-state index is 2.61. The van der Waals surface area contributed by atoms with Gasteiger partial charge in [0.2, 0.25) is 0 Å². The number of para-hydroxylation sites is 3. The number of nitrogens with zero attached hydrogens (tertiary/aromatic N) is 2. The van der Waals surface area contributed by atoms with Crippen LogP contribution in [0.3, 0.4) is 0 Å². The molecule has 1 aliphatic carbocycles. The van der Waals surface area contributed by atoms with Crippen molar-refractivity contribution in [3.05, 3.63) is 151 Å².